The SMILES string of the molecule is CC(C)CCC(CN=C(N)N)C[C@H](N)C(=O)C(OC=O)c1ccccc1. The molecule has 0 saturated carbocycles. The summed E-state index contributed by atoms with van der Waals surface area (Å²) in [5, 5.41) is 0. The Bertz CT molecular complexity index is 586. The predicted molar refractivity (Wildman–Crippen MR) is 102 cm³/mol. The van der Waals surface area contributed by atoms with Gasteiger partial charge in [-0.3, -0.25) is 14.6 Å². The number of nitrogens with zero attached hydrogens (tertiary/aromatic N) is 1. The second kappa shape index (κ2) is 11.3. The first-order valence-electron chi connectivity index (χ1n) is 8.83. The Labute approximate surface area is 155 Å². The van der Waals surface area contributed by atoms with E-state index in [1.54, 1.807) is 24.3 Å². The molecule has 26 heavy (non-hydrogen) atoms. The number of hydrogen-bond donors (Lipinski definition) is 3. The number of carbonyl (C=O) groups is 2. The fourth-order valence-corrected chi connectivity index (χ4v) is 2.75. The normalized spacial score (nSPS) is 14.3. The number of carbonyl (C=O) groups excluding carboxylic acids is 2. The third kappa shape index (κ3) is 7.65. The van der Waals surface area contributed by atoms with E-state index in [2.05, 4.69) is 18.8 Å². The van der Waals surface area contributed by atoms with Crippen molar-refractivity contribution < 1.29 is 14.3 Å². The van der Waals surface area contributed by atoms with Gasteiger partial charge < -0.3 is 21.9 Å². The fourth-order valence-electron chi connectivity index (χ4n) is 2.75. The molecule has 1 aromatic rings. The number of benzene rings is 1. The van der Waals surface area contributed by atoms with Gasteiger partial charge in [-0.1, -0.05) is 50.6 Å². The standard InChI is InChI=1S/C19H30N4O3/c1-13(2)8-9-14(11-23-19(21)22)10-16(20)17(25)18(26-12-24)15-6-4-3-5-7-15/h3-7,12-14,16,18H,8-11,20H2,1-2H3,(H4,21,22,23)/t14?,16-,18?/m0/s1. The highest BCUT2D eigenvalue weighted by molar-refractivity contribution is 5.89. The van der Waals surface area contributed by atoms with E-state index in [-0.39, 0.29) is 24.1 Å². The molecule has 1 rings (SSSR count). The zero-order valence-corrected chi connectivity index (χ0v) is 15.5. The van der Waals surface area contributed by atoms with Crippen LogP contribution < -0.4 is 17.2 Å². The quantitative estimate of drug-likeness (QED) is 0.293. The summed E-state index contributed by atoms with van der Waals surface area (Å²) in [5.41, 5.74) is 17.6. The number of aliphatic imine (C=N–C) groups is 1. The molecular formula is C19H30N4O3. The lowest BCUT2D eigenvalue weighted by Crippen LogP contribution is -2.38. The van der Waals surface area contributed by atoms with Crippen molar-refractivity contribution in [2.24, 2.45) is 34.0 Å². The minimum atomic E-state index is -1.00. The lowest BCUT2D eigenvalue weighted by molar-refractivity contribution is -0.145. The van der Waals surface area contributed by atoms with Crippen LogP contribution in [-0.2, 0) is 14.3 Å². The van der Waals surface area contributed by atoms with E-state index >= 15 is 0 Å². The summed E-state index contributed by atoms with van der Waals surface area (Å²) in [6, 6.07) is 8.07. The average molecular weight is 362 g/mol. The van der Waals surface area contributed by atoms with Crippen molar-refractivity contribution in [3.63, 3.8) is 0 Å². The highest BCUT2D eigenvalue weighted by Crippen LogP contribution is 2.23. The summed E-state index contributed by atoms with van der Waals surface area (Å²) < 4.78 is 5.01. The zero-order chi connectivity index (χ0) is 19.5. The first-order valence-corrected chi connectivity index (χ1v) is 8.83. The Hall–Kier alpha value is -2.41. The van der Waals surface area contributed by atoms with Gasteiger partial charge in [0.2, 0.25) is 0 Å². The molecule has 3 atom stereocenters. The van der Waals surface area contributed by atoms with Crippen LogP contribution in [0.15, 0.2) is 35.3 Å². The number of nitrogens with two attached hydrogens (primary N) is 3. The number of ketones is 1. The largest absolute Gasteiger partial charge is 0.452 e. The van der Waals surface area contributed by atoms with Gasteiger partial charge >= 0.3 is 0 Å². The van der Waals surface area contributed by atoms with Crippen LogP contribution in [0, 0.1) is 11.8 Å². The molecule has 7 heteroatoms. The highest BCUT2D eigenvalue weighted by atomic mass is 16.5. The van der Waals surface area contributed by atoms with Gasteiger partial charge in [-0.05, 0) is 24.7 Å². The van der Waals surface area contributed by atoms with E-state index in [9.17, 15) is 9.59 Å². The summed E-state index contributed by atoms with van der Waals surface area (Å²) >= 11 is 0. The van der Waals surface area contributed by atoms with Crippen LogP contribution in [0.2, 0.25) is 0 Å². The van der Waals surface area contributed by atoms with E-state index in [0.717, 1.165) is 12.8 Å². The molecule has 0 bridgehead atoms. The third-order valence-electron chi connectivity index (χ3n) is 4.19. The molecule has 0 heterocycles. The lowest BCUT2D eigenvalue weighted by Gasteiger charge is -2.23. The molecule has 0 amide bonds. The van der Waals surface area contributed by atoms with Crippen LogP contribution in [0.3, 0.4) is 0 Å². The second-order valence-electron chi connectivity index (χ2n) is 6.87. The average Bonchev–Trinajstić information content (AvgIpc) is 2.61. The van der Waals surface area contributed by atoms with Crippen molar-refractivity contribution in [1.29, 1.82) is 0 Å². The van der Waals surface area contributed by atoms with Gasteiger partial charge in [0.1, 0.15) is 0 Å². The molecule has 2 unspecified atom stereocenters. The van der Waals surface area contributed by atoms with Crippen molar-refractivity contribution in [2.45, 2.75) is 45.3 Å². The first-order chi connectivity index (χ1) is 12.3. The summed E-state index contributed by atoms with van der Waals surface area (Å²) in [7, 11) is 0. The van der Waals surface area contributed by atoms with Crippen molar-refractivity contribution in [3.05, 3.63) is 35.9 Å². The molecular weight excluding hydrogens is 332 g/mol. The van der Waals surface area contributed by atoms with Crippen LogP contribution in [0.25, 0.3) is 0 Å². The summed E-state index contributed by atoms with van der Waals surface area (Å²) in [6.45, 7) is 4.95. The molecule has 0 aromatic heterocycles. The lowest BCUT2D eigenvalue weighted by atomic mass is 9.89. The number of rotatable bonds is 12. The molecule has 0 aliphatic heterocycles. The molecule has 7 nitrogen and oxygen atoms in total. The maximum Gasteiger partial charge on any atom is 0.294 e. The summed E-state index contributed by atoms with van der Waals surface area (Å²) in [4.78, 5) is 27.7. The molecule has 0 saturated heterocycles. The Kier molecular flexibility index (Phi) is 9.36. The van der Waals surface area contributed by atoms with Gasteiger partial charge in [0.25, 0.3) is 6.47 Å². The minimum absolute atomic E-state index is 0.0193. The maximum atomic E-state index is 12.8. The molecule has 6 N–H and O–H groups in total. The Morgan fingerprint density at radius 1 is 1.19 bits per heavy atom. The number of hydrogen-bond acceptors (Lipinski definition) is 5. The van der Waals surface area contributed by atoms with Crippen molar-refractivity contribution in [2.75, 3.05) is 6.54 Å². The van der Waals surface area contributed by atoms with Gasteiger partial charge in [-0.15, -0.1) is 0 Å². The predicted octanol–water partition coefficient (Wildman–Crippen LogP) is 1.51. The topological polar surface area (TPSA) is 134 Å². The molecule has 0 aliphatic carbocycles. The van der Waals surface area contributed by atoms with Gasteiger partial charge in [-0.2, -0.15) is 0 Å². The maximum absolute atomic E-state index is 12.8. The molecule has 144 valence electrons. The Balaban J connectivity index is 2.83. The Morgan fingerprint density at radius 3 is 2.38 bits per heavy atom. The monoisotopic (exact) mass is 362 g/mol. The van der Waals surface area contributed by atoms with E-state index in [1.807, 2.05) is 6.07 Å². The van der Waals surface area contributed by atoms with Crippen LogP contribution in [0.5, 0.6) is 0 Å². The number of guanidine groups is 1. The van der Waals surface area contributed by atoms with Crippen LogP contribution >= 0.6 is 0 Å². The van der Waals surface area contributed by atoms with Gasteiger partial charge in [0.15, 0.2) is 17.8 Å². The molecule has 1 aromatic carbocycles. The number of ether oxygens (including phenoxy) is 1. The third-order valence-corrected chi connectivity index (χ3v) is 4.19. The second-order valence-corrected chi connectivity index (χ2v) is 6.87. The molecule has 0 aliphatic rings. The van der Waals surface area contributed by atoms with Crippen molar-refractivity contribution in [3.8, 4) is 0 Å². The summed E-state index contributed by atoms with van der Waals surface area (Å²) in [6.07, 6.45) is 1.27. The number of Topliss-reactive ketones (excluding diaryl/α,β-unsaturated/α-hetero) is 1. The van der Waals surface area contributed by atoms with Crippen LogP contribution in [0.1, 0.15) is 44.8 Å². The highest BCUT2D eigenvalue weighted by Gasteiger charge is 2.29. The van der Waals surface area contributed by atoms with Crippen molar-refractivity contribution in [1.82, 2.24) is 0 Å². The summed E-state index contributed by atoms with van der Waals surface area (Å²) in [5.74, 6) is 0.290. The van der Waals surface area contributed by atoms with E-state index in [4.69, 9.17) is 21.9 Å². The molecule has 0 spiro atoms. The van der Waals surface area contributed by atoms with Gasteiger partial charge in [-0.25, -0.2) is 0 Å². The van der Waals surface area contributed by atoms with E-state index < -0.39 is 12.1 Å². The zero-order valence-electron chi connectivity index (χ0n) is 15.5. The van der Waals surface area contributed by atoms with Crippen LogP contribution in [0.4, 0.5) is 0 Å². The molecule has 0 radical (unpaired) electrons. The smallest absolute Gasteiger partial charge is 0.294 e. The Morgan fingerprint density at radius 2 is 1.85 bits per heavy atom. The first kappa shape index (κ1) is 21.6. The van der Waals surface area contributed by atoms with E-state index in [1.165, 1.54) is 0 Å². The van der Waals surface area contributed by atoms with Crippen molar-refractivity contribution >= 4 is 18.2 Å². The molecule has 0 fully saturated rings. The van der Waals surface area contributed by atoms with Gasteiger partial charge in [0, 0.05) is 12.1 Å². The van der Waals surface area contributed by atoms with Gasteiger partial charge in [0.05, 0.1) is 6.04 Å². The van der Waals surface area contributed by atoms with E-state index in [0.29, 0.717) is 24.4 Å². The fraction of sp³-hybridized carbons (Fsp3) is 0.526. The van der Waals surface area contributed by atoms with Crippen LogP contribution in [-0.4, -0.2) is 30.8 Å². The minimum Gasteiger partial charge on any atom is -0.452 e.